The first-order chi connectivity index (χ1) is 9.54. The molecular weight excluding hydrogens is 293 g/mol. The van der Waals surface area contributed by atoms with Crippen LogP contribution in [0.3, 0.4) is 0 Å². The van der Waals surface area contributed by atoms with E-state index in [1.54, 1.807) is 0 Å². The van der Waals surface area contributed by atoms with Crippen LogP contribution in [0.2, 0.25) is 10.0 Å². The Bertz CT molecular complexity index is 585. The van der Waals surface area contributed by atoms with E-state index in [9.17, 15) is 0 Å². The normalized spacial score (nSPS) is 11.1. The molecule has 0 bridgehead atoms. The Morgan fingerprint density at radius 1 is 1.15 bits per heavy atom. The third-order valence-electron chi connectivity index (χ3n) is 3.45. The highest BCUT2D eigenvalue weighted by Crippen LogP contribution is 2.26. The van der Waals surface area contributed by atoms with Crippen LogP contribution in [0, 0.1) is 13.8 Å². The van der Waals surface area contributed by atoms with Crippen molar-refractivity contribution in [2.24, 2.45) is 0 Å². The number of aryl methyl sites for hydroxylation is 1. The minimum atomic E-state index is 0.595. The molecule has 3 nitrogen and oxygen atoms in total. The Morgan fingerprint density at radius 2 is 1.80 bits per heavy atom. The summed E-state index contributed by atoms with van der Waals surface area (Å²) in [5, 5.41) is 9.30. The van der Waals surface area contributed by atoms with E-state index >= 15 is 0 Å². The van der Waals surface area contributed by atoms with E-state index in [2.05, 4.69) is 24.3 Å². The molecule has 0 spiro atoms. The van der Waals surface area contributed by atoms with Crippen molar-refractivity contribution in [2.45, 2.75) is 33.9 Å². The lowest BCUT2D eigenvalue weighted by molar-refractivity contribution is 0.655. The summed E-state index contributed by atoms with van der Waals surface area (Å²) >= 11 is 12.4. The lowest BCUT2D eigenvalue weighted by Crippen LogP contribution is -2.13. The highest BCUT2D eigenvalue weighted by molar-refractivity contribution is 6.35. The van der Waals surface area contributed by atoms with E-state index in [1.807, 2.05) is 29.8 Å². The third kappa shape index (κ3) is 3.17. The second-order valence-electron chi connectivity index (χ2n) is 4.79. The van der Waals surface area contributed by atoms with Gasteiger partial charge in [0.1, 0.15) is 0 Å². The Labute approximate surface area is 129 Å². The topological polar surface area (TPSA) is 29.9 Å². The standard InChI is InChI=1S/C15H19Cl2N3/c1-4-18-8-12-10(2)19-20(11(12)3)9-13-14(16)6-5-7-15(13)17/h5-7,18H,4,8-9H2,1-3H3. The number of halogens is 2. The average molecular weight is 312 g/mol. The maximum absolute atomic E-state index is 6.22. The molecule has 5 heteroatoms. The molecule has 0 radical (unpaired) electrons. The van der Waals surface area contributed by atoms with Crippen molar-refractivity contribution in [2.75, 3.05) is 6.54 Å². The van der Waals surface area contributed by atoms with Crippen LogP contribution < -0.4 is 5.32 Å². The number of rotatable bonds is 5. The molecule has 0 amide bonds. The van der Waals surface area contributed by atoms with Crippen molar-refractivity contribution in [3.8, 4) is 0 Å². The number of aromatic nitrogens is 2. The number of benzene rings is 1. The van der Waals surface area contributed by atoms with Crippen LogP contribution in [0.4, 0.5) is 0 Å². The van der Waals surface area contributed by atoms with Crippen molar-refractivity contribution in [1.82, 2.24) is 15.1 Å². The maximum atomic E-state index is 6.22. The molecule has 0 saturated heterocycles. The third-order valence-corrected chi connectivity index (χ3v) is 4.16. The summed E-state index contributed by atoms with van der Waals surface area (Å²) in [7, 11) is 0. The number of hydrogen-bond donors (Lipinski definition) is 1. The first kappa shape index (κ1) is 15.4. The zero-order valence-electron chi connectivity index (χ0n) is 12.0. The molecule has 0 aliphatic heterocycles. The minimum Gasteiger partial charge on any atom is -0.313 e. The average Bonchev–Trinajstić information content (AvgIpc) is 2.67. The van der Waals surface area contributed by atoms with Crippen molar-refractivity contribution in [3.05, 3.63) is 50.8 Å². The highest BCUT2D eigenvalue weighted by atomic mass is 35.5. The minimum absolute atomic E-state index is 0.595. The van der Waals surface area contributed by atoms with Crippen LogP contribution in [-0.4, -0.2) is 16.3 Å². The predicted octanol–water partition coefficient (Wildman–Crippen LogP) is 3.96. The zero-order chi connectivity index (χ0) is 14.7. The molecular formula is C15H19Cl2N3. The second-order valence-corrected chi connectivity index (χ2v) is 5.60. The van der Waals surface area contributed by atoms with E-state index in [0.29, 0.717) is 16.6 Å². The molecule has 0 atom stereocenters. The van der Waals surface area contributed by atoms with Gasteiger partial charge in [-0.1, -0.05) is 36.2 Å². The van der Waals surface area contributed by atoms with Gasteiger partial charge in [0, 0.05) is 33.4 Å². The molecule has 2 rings (SSSR count). The van der Waals surface area contributed by atoms with E-state index in [1.165, 1.54) is 5.56 Å². The van der Waals surface area contributed by atoms with Gasteiger partial charge in [-0.2, -0.15) is 5.10 Å². The van der Waals surface area contributed by atoms with Gasteiger partial charge in [0.25, 0.3) is 0 Å². The van der Waals surface area contributed by atoms with E-state index in [-0.39, 0.29) is 0 Å². The number of nitrogens with one attached hydrogen (secondary N) is 1. The summed E-state index contributed by atoms with van der Waals surface area (Å²) in [4.78, 5) is 0. The van der Waals surface area contributed by atoms with Crippen LogP contribution in [0.5, 0.6) is 0 Å². The smallest absolute Gasteiger partial charge is 0.0692 e. The van der Waals surface area contributed by atoms with Gasteiger partial charge < -0.3 is 5.32 Å². The largest absolute Gasteiger partial charge is 0.313 e. The lowest BCUT2D eigenvalue weighted by Gasteiger charge is -2.09. The first-order valence-corrected chi connectivity index (χ1v) is 7.46. The van der Waals surface area contributed by atoms with Crippen LogP contribution in [0.1, 0.15) is 29.4 Å². The Balaban J connectivity index is 2.30. The quantitative estimate of drug-likeness (QED) is 0.905. The molecule has 0 aliphatic rings. The fourth-order valence-electron chi connectivity index (χ4n) is 2.23. The fourth-order valence-corrected chi connectivity index (χ4v) is 2.74. The van der Waals surface area contributed by atoms with Gasteiger partial charge in [-0.15, -0.1) is 0 Å². The molecule has 1 aromatic heterocycles. The van der Waals surface area contributed by atoms with Gasteiger partial charge >= 0.3 is 0 Å². The van der Waals surface area contributed by atoms with E-state index < -0.39 is 0 Å². The van der Waals surface area contributed by atoms with E-state index in [4.69, 9.17) is 23.2 Å². The van der Waals surface area contributed by atoms with Crippen molar-refractivity contribution >= 4 is 23.2 Å². The van der Waals surface area contributed by atoms with Crippen LogP contribution >= 0.6 is 23.2 Å². The molecule has 0 fully saturated rings. The molecule has 0 aliphatic carbocycles. The molecule has 0 saturated carbocycles. The highest BCUT2D eigenvalue weighted by Gasteiger charge is 2.13. The van der Waals surface area contributed by atoms with Gasteiger partial charge in [-0.25, -0.2) is 0 Å². The van der Waals surface area contributed by atoms with Gasteiger partial charge in [0.05, 0.1) is 12.2 Å². The van der Waals surface area contributed by atoms with Crippen LogP contribution in [-0.2, 0) is 13.1 Å². The van der Waals surface area contributed by atoms with Gasteiger partial charge in [-0.3, -0.25) is 4.68 Å². The van der Waals surface area contributed by atoms with Gasteiger partial charge in [0.2, 0.25) is 0 Å². The van der Waals surface area contributed by atoms with Crippen molar-refractivity contribution < 1.29 is 0 Å². The van der Waals surface area contributed by atoms with E-state index in [0.717, 1.165) is 30.0 Å². The molecule has 0 unspecified atom stereocenters. The summed E-state index contributed by atoms with van der Waals surface area (Å²) in [6.07, 6.45) is 0. The Hall–Kier alpha value is -1.03. The monoisotopic (exact) mass is 311 g/mol. The number of nitrogens with zero attached hydrogens (tertiary/aromatic N) is 2. The molecule has 20 heavy (non-hydrogen) atoms. The maximum Gasteiger partial charge on any atom is 0.0692 e. The first-order valence-electron chi connectivity index (χ1n) is 6.71. The molecule has 2 aromatic rings. The molecule has 1 N–H and O–H groups in total. The van der Waals surface area contributed by atoms with Crippen molar-refractivity contribution in [1.29, 1.82) is 0 Å². The van der Waals surface area contributed by atoms with Crippen molar-refractivity contribution in [3.63, 3.8) is 0 Å². The molecule has 108 valence electrons. The Kier molecular flexibility index (Phi) is 5.08. The zero-order valence-corrected chi connectivity index (χ0v) is 13.5. The number of hydrogen-bond acceptors (Lipinski definition) is 2. The predicted molar refractivity (Wildman–Crippen MR) is 84.6 cm³/mol. The summed E-state index contributed by atoms with van der Waals surface area (Å²) in [6, 6.07) is 5.56. The molecule has 1 heterocycles. The van der Waals surface area contributed by atoms with Gasteiger partial charge in [0.15, 0.2) is 0 Å². The summed E-state index contributed by atoms with van der Waals surface area (Å²) < 4.78 is 1.97. The fraction of sp³-hybridized carbons (Fsp3) is 0.400. The Morgan fingerprint density at radius 3 is 2.40 bits per heavy atom. The summed E-state index contributed by atoms with van der Waals surface area (Å²) in [6.45, 7) is 8.59. The van der Waals surface area contributed by atoms with Gasteiger partial charge in [-0.05, 0) is 32.5 Å². The van der Waals surface area contributed by atoms with Crippen LogP contribution in [0.25, 0.3) is 0 Å². The summed E-state index contributed by atoms with van der Waals surface area (Å²) in [5.41, 5.74) is 4.36. The second kappa shape index (κ2) is 6.61. The molecule has 1 aromatic carbocycles. The summed E-state index contributed by atoms with van der Waals surface area (Å²) in [5.74, 6) is 0. The SMILES string of the molecule is CCNCc1c(C)nn(Cc2c(Cl)cccc2Cl)c1C. The lowest BCUT2D eigenvalue weighted by atomic mass is 10.2. The van der Waals surface area contributed by atoms with Crippen LogP contribution in [0.15, 0.2) is 18.2 Å².